The van der Waals surface area contributed by atoms with E-state index in [2.05, 4.69) is 5.32 Å². The molecule has 3 rings (SSSR count). The molecule has 4 heteroatoms. The van der Waals surface area contributed by atoms with Gasteiger partial charge in [0.2, 0.25) is 0 Å². The van der Waals surface area contributed by atoms with Gasteiger partial charge in [-0.1, -0.05) is 6.07 Å². The maximum atomic E-state index is 13.2. The van der Waals surface area contributed by atoms with Crippen molar-refractivity contribution in [1.29, 1.82) is 0 Å². The Bertz CT molecular complexity index is 455. The fourth-order valence-electron chi connectivity index (χ4n) is 3.08. The Morgan fingerprint density at radius 1 is 1.05 bits per heavy atom. The van der Waals surface area contributed by atoms with Crippen LogP contribution in [0.3, 0.4) is 0 Å². The molecule has 0 bridgehead atoms. The zero-order valence-electron chi connectivity index (χ0n) is 10.9. The highest BCUT2D eigenvalue weighted by molar-refractivity contribution is 5.29. The second kappa shape index (κ2) is 5.17. The van der Waals surface area contributed by atoms with Crippen molar-refractivity contribution >= 4 is 0 Å². The van der Waals surface area contributed by atoms with Crippen LogP contribution in [0.4, 0.5) is 8.78 Å². The molecule has 2 fully saturated rings. The van der Waals surface area contributed by atoms with Crippen LogP contribution in [0.5, 0.6) is 0 Å². The normalized spacial score (nSPS) is 34.3. The summed E-state index contributed by atoms with van der Waals surface area (Å²) in [6, 6.07) is 5.57. The summed E-state index contributed by atoms with van der Waals surface area (Å²) in [5, 5.41) is 3.62. The lowest BCUT2D eigenvalue weighted by Crippen LogP contribution is -2.38. The lowest BCUT2D eigenvalue weighted by Gasteiger charge is -2.27. The van der Waals surface area contributed by atoms with E-state index in [0.717, 1.165) is 37.7 Å². The summed E-state index contributed by atoms with van der Waals surface area (Å²) < 4.78 is 26.1. The summed E-state index contributed by atoms with van der Waals surface area (Å²) in [4.78, 5) is 0. The standard InChI is InChI=1S/C15H20F2N2/c16-13-6-1-9(7-14(13)17)12-8-15(12)19-11-4-2-10(18)3-5-11/h1,6-7,10-12,15,19H,2-5,8,18H2/t10-,11-,12-,15?/m0/s1. The fourth-order valence-corrected chi connectivity index (χ4v) is 3.08. The van der Waals surface area contributed by atoms with E-state index in [9.17, 15) is 8.78 Å². The van der Waals surface area contributed by atoms with E-state index in [1.54, 1.807) is 6.07 Å². The van der Waals surface area contributed by atoms with Crippen LogP contribution in [0.2, 0.25) is 0 Å². The van der Waals surface area contributed by atoms with Crippen molar-refractivity contribution in [2.45, 2.75) is 56.1 Å². The van der Waals surface area contributed by atoms with Gasteiger partial charge in [0, 0.05) is 24.0 Å². The van der Waals surface area contributed by atoms with Gasteiger partial charge in [0.05, 0.1) is 0 Å². The highest BCUT2D eigenvalue weighted by Crippen LogP contribution is 2.42. The molecule has 0 aromatic heterocycles. The predicted molar refractivity (Wildman–Crippen MR) is 70.9 cm³/mol. The molecule has 1 aromatic rings. The lowest BCUT2D eigenvalue weighted by atomic mass is 9.92. The van der Waals surface area contributed by atoms with Crippen molar-refractivity contribution in [3.8, 4) is 0 Å². The van der Waals surface area contributed by atoms with Gasteiger partial charge in [-0.05, 0) is 49.8 Å². The number of rotatable bonds is 3. The molecular formula is C15H20F2N2. The minimum absolute atomic E-state index is 0.339. The first kappa shape index (κ1) is 13.0. The monoisotopic (exact) mass is 266 g/mol. The van der Waals surface area contributed by atoms with E-state index in [1.165, 1.54) is 12.1 Å². The lowest BCUT2D eigenvalue weighted by molar-refractivity contribution is 0.339. The average molecular weight is 266 g/mol. The Morgan fingerprint density at radius 3 is 2.47 bits per heavy atom. The molecule has 2 nitrogen and oxygen atoms in total. The van der Waals surface area contributed by atoms with Crippen molar-refractivity contribution in [3.63, 3.8) is 0 Å². The first-order valence-corrected chi connectivity index (χ1v) is 7.10. The molecule has 2 aliphatic carbocycles. The number of benzene rings is 1. The second-order valence-electron chi connectivity index (χ2n) is 5.90. The van der Waals surface area contributed by atoms with E-state index < -0.39 is 11.6 Å². The van der Waals surface area contributed by atoms with Gasteiger partial charge in [-0.3, -0.25) is 0 Å². The minimum Gasteiger partial charge on any atom is -0.328 e. The van der Waals surface area contributed by atoms with E-state index in [1.807, 2.05) is 0 Å². The number of hydrogen-bond acceptors (Lipinski definition) is 2. The van der Waals surface area contributed by atoms with Gasteiger partial charge in [-0.25, -0.2) is 8.78 Å². The predicted octanol–water partition coefficient (Wildman–Crippen LogP) is 2.68. The third-order valence-corrected chi connectivity index (χ3v) is 4.38. The number of nitrogens with two attached hydrogens (primary N) is 1. The van der Waals surface area contributed by atoms with Crippen LogP contribution < -0.4 is 11.1 Å². The third-order valence-electron chi connectivity index (χ3n) is 4.38. The Morgan fingerprint density at radius 2 is 1.79 bits per heavy atom. The summed E-state index contributed by atoms with van der Waals surface area (Å²) >= 11 is 0. The van der Waals surface area contributed by atoms with Crippen LogP contribution >= 0.6 is 0 Å². The molecule has 0 amide bonds. The van der Waals surface area contributed by atoms with Gasteiger partial charge in [-0.2, -0.15) is 0 Å². The SMILES string of the molecule is N[C@H]1CC[C@H](NC2C[C@H]2c2ccc(F)c(F)c2)CC1. The first-order valence-electron chi connectivity index (χ1n) is 7.10. The average Bonchev–Trinajstić information content (AvgIpc) is 3.15. The van der Waals surface area contributed by atoms with Crippen LogP contribution in [0, 0.1) is 11.6 Å². The van der Waals surface area contributed by atoms with Crippen molar-refractivity contribution < 1.29 is 8.78 Å². The molecule has 2 aliphatic rings. The van der Waals surface area contributed by atoms with Crippen LogP contribution in [0.25, 0.3) is 0 Å². The highest BCUT2D eigenvalue weighted by atomic mass is 19.2. The number of hydrogen-bond donors (Lipinski definition) is 2. The van der Waals surface area contributed by atoms with Crippen molar-refractivity contribution in [2.75, 3.05) is 0 Å². The molecule has 0 saturated heterocycles. The Kier molecular flexibility index (Phi) is 3.54. The largest absolute Gasteiger partial charge is 0.328 e. The summed E-state index contributed by atoms with van der Waals surface area (Å²) in [6.45, 7) is 0. The van der Waals surface area contributed by atoms with Crippen molar-refractivity contribution in [1.82, 2.24) is 5.32 Å². The molecule has 19 heavy (non-hydrogen) atoms. The maximum Gasteiger partial charge on any atom is 0.159 e. The zero-order valence-corrected chi connectivity index (χ0v) is 10.9. The van der Waals surface area contributed by atoms with Gasteiger partial charge in [0.1, 0.15) is 0 Å². The molecule has 1 unspecified atom stereocenters. The van der Waals surface area contributed by atoms with Gasteiger partial charge in [-0.15, -0.1) is 0 Å². The quantitative estimate of drug-likeness (QED) is 0.882. The maximum absolute atomic E-state index is 13.2. The molecule has 3 N–H and O–H groups in total. The zero-order chi connectivity index (χ0) is 13.4. The summed E-state index contributed by atoms with van der Waals surface area (Å²) in [6.07, 6.45) is 5.44. The molecule has 0 heterocycles. The molecule has 0 radical (unpaired) electrons. The van der Waals surface area contributed by atoms with Gasteiger partial charge < -0.3 is 11.1 Å². The molecule has 104 valence electrons. The van der Waals surface area contributed by atoms with Crippen LogP contribution in [0.1, 0.15) is 43.6 Å². The van der Waals surface area contributed by atoms with Crippen molar-refractivity contribution in [2.24, 2.45) is 5.73 Å². The van der Waals surface area contributed by atoms with Gasteiger partial charge in [0.25, 0.3) is 0 Å². The Balaban J connectivity index is 1.54. The topological polar surface area (TPSA) is 38.0 Å². The summed E-state index contributed by atoms with van der Waals surface area (Å²) in [5.74, 6) is -1.17. The molecule has 1 aromatic carbocycles. The van der Waals surface area contributed by atoms with E-state index >= 15 is 0 Å². The summed E-state index contributed by atoms with van der Waals surface area (Å²) in [7, 11) is 0. The Labute approximate surface area is 112 Å². The van der Waals surface area contributed by atoms with E-state index in [-0.39, 0.29) is 0 Å². The van der Waals surface area contributed by atoms with Crippen LogP contribution in [-0.2, 0) is 0 Å². The number of nitrogens with one attached hydrogen (secondary N) is 1. The molecular weight excluding hydrogens is 246 g/mol. The highest BCUT2D eigenvalue weighted by Gasteiger charge is 2.40. The van der Waals surface area contributed by atoms with Gasteiger partial charge in [0.15, 0.2) is 11.6 Å². The van der Waals surface area contributed by atoms with Gasteiger partial charge >= 0.3 is 0 Å². The first-order chi connectivity index (χ1) is 9.13. The fraction of sp³-hybridized carbons (Fsp3) is 0.600. The smallest absolute Gasteiger partial charge is 0.159 e. The van der Waals surface area contributed by atoms with Crippen LogP contribution in [0.15, 0.2) is 18.2 Å². The summed E-state index contributed by atoms with van der Waals surface area (Å²) in [5.41, 5.74) is 6.79. The third kappa shape index (κ3) is 2.95. The Hall–Kier alpha value is -1.00. The molecule has 0 spiro atoms. The molecule has 2 saturated carbocycles. The second-order valence-corrected chi connectivity index (χ2v) is 5.90. The van der Waals surface area contributed by atoms with Crippen molar-refractivity contribution in [3.05, 3.63) is 35.4 Å². The molecule has 2 atom stereocenters. The minimum atomic E-state index is -0.768. The van der Waals surface area contributed by atoms with E-state index in [0.29, 0.717) is 24.0 Å². The molecule has 0 aliphatic heterocycles. The van der Waals surface area contributed by atoms with E-state index in [4.69, 9.17) is 5.73 Å². The number of halogens is 2. The van der Waals surface area contributed by atoms with Crippen LogP contribution in [-0.4, -0.2) is 18.1 Å².